The van der Waals surface area contributed by atoms with Crippen molar-refractivity contribution >= 4 is 23.2 Å². The molecule has 0 atom stereocenters. The summed E-state index contributed by atoms with van der Waals surface area (Å²) in [5.41, 5.74) is 1.31. The molecule has 0 radical (unpaired) electrons. The number of alkyl halides is 3. The van der Waals surface area contributed by atoms with Crippen molar-refractivity contribution in [1.29, 1.82) is 0 Å². The van der Waals surface area contributed by atoms with E-state index in [1.54, 1.807) is 17.0 Å². The average Bonchev–Trinajstić information content (AvgIpc) is 3.40. The summed E-state index contributed by atoms with van der Waals surface area (Å²) in [6.07, 6.45) is -1.92. The summed E-state index contributed by atoms with van der Waals surface area (Å²) in [6, 6.07) is 9.55. The molecule has 1 saturated carbocycles. The van der Waals surface area contributed by atoms with E-state index in [0.29, 0.717) is 12.2 Å². The number of rotatable bonds is 3. The van der Waals surface area contributed by atoms with Crippen LogP contribution in [0.4, 0.5) is 24.5 Å². The highest BCUT2D eigenvalue weighted by Crippen LogP contribution is 2.37. The summed E-state index contributed by atoms with van der Waals surface area (Å²) in [5, 5.41) is 2.63. The summed E-state index contributed by atoms with van der Waals surface area (Å²) in [6.45, 7) is 0.621. The quantitative estimate of drug-likeness (QED) is 0.873. The SMILES string of the molecule is O=C(Nc1ccc2c(c1)N(C(=O)C1CC1)CC2)c1cccc(C(F)(F)F)c1. The molecule has 2 aromatic carbocycles. The number of halogens is 3. The van der Waals surface area contributed by atoms with Gasteiger partial charge in [0.2, 0.25) is 5.91 Å². The maximum absolute atomic E-state index is 12.8. The Balaban J connectivity index is 1.54. The molecule has 0 aromatic heterocycles. The lowest BCUT2D eigenvalue weighted by atomic mass is 10.1. The van der Waals surface area contributed by atoms with Crippen molar-refractivity contribution in [3.05, 3.63) is 59.2 Å². The van der Waals surface area contributed by atoms with Crippen LogP contribution in [0.25, 0.3) is 0 Å². The first-order chi connectivity index (χ1) is 12.8. The van der Waals surface area contributed by atoms with Gasteiger partial charge in [-0.05, 0) is 55.2 Å². The van der Waals surface area contributed by atoms with Crippen LogP contribution in [0.15, 0.2) is 42.5 Å². The van der Waals surface area contributed by atoms with Gasteiger partial charge in [0.1, 0.15) is 0 Å². The van der Waals surface area contributed by atoms with Gasteiger partial charge in [-0.2, -0.15) is 13.2 Å². The number of nitrogens with one attached hydrogen (secondary N) is 1. The predicted molar refractivity (Wildman–Crippen MR) is 94.6 cm³/mol. The molecule has 2 amide bonds. The number of anilines is 2. The number of nitrogens with zero attached hydrogens (tertiary/aromatic N) is 1. The number of benzene rings is 2. The van der Waals surface area contributed by atoms with Crippen LogP contribution in [0, 0.1) is 5.92 Å². The fourth-order valence-corrected chi connectivity index (χ4v) is 3.28. The normalized spacial score (nSPS) is 16.2. The molecule has 0 spiro atoms. The molecule has 0 unspecified atom stereocenters. The van der Waals surface area contributed by atoms with E-state index < -0.39 is 17.6 Å². The van der Waals surface area contributed by atoms with Crippen LogP contribution >= 0.6 is 0 Å². The first-order valence-corrected chi connectivity index (χ1v) is 8.76. The van der Waals surface area contributed by atoms with Gasteiger partial charge in [0.05, 0.1) is 5.56 Å². The standard InChI is InChI=1S/C20H17F3N2O2/c21-20(22,23)15-3-1-2-14(10-15)18(26)24-16-7-6-12-8-9-25(17(12)11-16)19(27)13-4-5-13/h1-3,6-7,10-11,13H,4-5,8-9H2,(H,24,26). The van der Waals surface area contributed by atoms with Crippen molar-refractivity contribution in [1.82, 2.24) is 0 Å². The number of hydrogen-bond acceptors (Lipinski definition) is 2. The Kier molecular flexibility index (Phi) is 4.17. The van der Waals surface area contributed by atoms with Gasteiger partial charge >= 0.3 is 6.18 Å². The third-order valence-electron chi connectivity index (χ3n) is 4.88. The molecule has 2 aromatic rings. The second-order valence-corrected chi connectivity index (χ2v) is 6.89. The zero-order valence-corrected chi connectivity index (χ0v) is 14.3. The molecular formula is C20H17F3N2O2. The summed E-state index contributed by atoms with van der Waals surface area (Å²) in [5.74, 6) is -0.423. The monoisotopic (exact) mass is 374 g/mol. The molecule has 0 saturated heterocycles. The topological polar surface area (TPSA) is 49.4 Å². The molecule has 1 heterocycles. The molecule has 0 bridgehead atoms. The van der Waals surface area contributed by atoms with Crippen molar-refractivity contribution in [3.63, 3.8) is 0 Å². The fourth-order valence-electron chi connectivity index (χ4n) is 3.28. The van der Waals surface area contributed by atoms with Crippen LogP contribution in [0.1, 0.15) is 34.3 Å². The summed E-state index contributed by atoms with van der Waals surface area (Å²) < 4.78 is 38.5. The number of amides is 2. The third kappa shape index (κ3) is 3.54. The highest BCUT2D eigenvalue weighted by Gasteiger charge is 2.36. The summed E-state index contributed by atoms with van der Waals surface area (Å²) in [7, 11) is 0. The van der Waals surface area contributed by atoms with Gasteiger partial charge < -0.3 is 10.2 Å². The lowest BCUT2D eigenvalue weighted by Crippen LogP contribution is -2.30. The van der Waals surface area contributed by atoms with Crippen molar-refractivity contribution < 1.29 is 22.8 Å². The van der Waals surface area contributed by atoms with E-state index in [1.807, 2.05) is 6.07 Å². The second kappa shape index (κ2) is 6.40. The zero-order valence-electron chi connectivity index (χ0n) is 14.3. The van der Waals surface area contributed by atoms with Crippen molar-refractivity contribution in [3.8, 4) is 0 Å². The molecule has 1 aliphatic carbocycles. The van der Waals surface area contributed by atoms with Gasteiger partial charge in [0, 0.05) is 29.4 Å². The maximum atomic E-state index is 12.8. The Morgan fingerprint density at radius 2 is 1.85 bits per heavy atom. The zero-order chi connectivity index (χ0) is 19.2. The molecule has 27 heavy (non-hydrogen) atoms. The minimum Gasteiger partial charge on any atom is -0.322 e. The largest absolute Gasteiger partial charge is 0.416 e. The molecule has 7 heteroatoms. The van der Waals surface area contributed by atoms with Crippen LogP contribution in [0.3, 0.4) is 0 Å². The Morgan fingerprint density at radius 3 is 2.56 bits per heavy atom. The summed E-state index contributed by atoms with van der Waals surface area (Å²) in [4.78, 5) is 26.5. The fraction of sp³-hybridized carbons (Fsp3) is 0.300. The van der Waals surface area contributed by atoms with Crippen LogP contribution in [0.5, 0.6) is 0 Å². The Bertz CT molecular complexity index is 920. The van der Waals surface area contributed by atoms with E-state index >= 15 is 0 Å². The number of hydrogen-bond donors (Lipinski definition) is 1. The van der Waals surface area contributed by atoms with E-state index in [0.717, 1.165) is 42.6 Å². The minimum absolute atomic E-state index is 0.0729. The van der Waals surface area contributed by atoms with E-state index in [4.69, 9.17) is 0 Å². The van der Waals surface area contributed by atoms with Crippen LogP contribution < -0.4 is 10.2 Å². The average molecular weight is 374 g/mol. The Hall–Kier alpha value is -2.83. The first kappa shape index (κ1) is 17.6. The number of carbonyl (C=O) groups is 2. The Morgan fingerprint density at radius 1 is 1.07 bits per heavy atom. The molecule has 1 N–H and O–H groups in total. The second-order valence-electron chi connectivity index (χ2n) is 6.89. The van der Waals surface area contributed by atoms with Crippen molar-refractivity contribution in [2.45, 2.75) is 25.4 Å². The Labute approximate surface area is 154 Å². The number of fused-ring (bicyclic) bond motifs is 1. The van der Waals surface area contributed by atoms with Crippen LogP contribution in [-0.4, -0.2) is 18.4 Å². The van der Waals surface area contributed by atoms with Gasteiger partial charge in [0.15, 0.2) is 0 Å². The minimum atomic E-state index is -4.51. The molecule has 2 aliphatic rings. The predicted octanol–water partition coefficient (Wildman–Crippen LogP) is 4.26. The molecular weight excluding hydrogens is 357 g/mol. The molecule has 140 valence electrons. The van der Waals surface area contributed by atoms with Crippen LogP contribution in [-0.2, 0) is 17.4 Å². The van der Waals surface area contributed by atoms with E-state index in [-0.39, 0.29) is 17.4 Å². The van der Waals surface area contributed by atoms with Gasteiger partial charge in [-0.15, -0.1) is 0 Å². The molecule has 4 rings (SSSR count). The van der Waals surface area contributed by atoms with Gasteiger partial charge in [-0.3, -0.25) is 9.59 Å². The highest BCUT2D eigenvalue weighted by molar-refractivity contribution is 6.05. The first-order valence-electron chi connectivity index (χ1n) is 8.76. The van der Waals surface area contributed by atoms with E-state index in [2.05, 4.69) is 5.32 Å². The molecule has 4 nitrogen and oxygen atoms in total. The summed E-state index contributed by atoms with van der Waals surface area (Å²) >= 11 is 0. The van der Waals surface area contributed by atoms with Crippen molar-refractivity contribution in [2.24, 2.45) is 5.92 Å². The van der Waals surface area contributed by atoms with Gasteiger partial charge in [-0.1, -0.05) is 12.1 Å². The number of carbonyl (C=O) groups excluding carboxylic acids is 2. The van der Waals surface area contributed by atoms with Crippen LogP contribution in [0.2, 0.25) is 0 Å². The van der Waals surface area contributed by atoms with Gasteiger partial charge in [0.25, 0.3) is 5.91 Å². The lowest BCUT2D eigenvalue weighted by Gasteiger charge is -2.18. The van der Waals surface area contributed by atoms with E-state index in [1.165, 1.54) is 12.1 Å². The smallest absolute Gasteiger partial charge is 0.322 e. The lowest BCUT2D eigenvalue weighted by molar-refractivity contribution is -0.137. The molecule has 1 aliphatic heterocycles. The molecule has 1 fully saturated rings. The highest BCUT2D eigenvalue weighted by atomic mass is 19.4. The van der Waals surface area contributed by atoms with E-state index in [9.17, 15) is 22.8 Å². The third-order valence-corrected chi connectivity index (χ3v) is 4.88. The van der Waals surface area contributed by atoms with Gasteiger partial charge in [-0.25, -0.2) is 0 Å². The van der Waals surface area contributed by atoms with Crippen molar-refractivity contribution in [2.75, 3.05) is 16.8 Å². The maximum Gasteiger partial charge on any atom is 0.416 e.